The summed E-state index contributed by atoms with van der Waals surface area (Å²) in [5, 5.41) is 8.16. The summed E-state index contributed by atoms with van der Waals surface area (Å²) >= 11 is 1.30. The fourth-order valence-electron chi connectivity index (χ4n) is 2.55. The lowest BCUT2D eigenvalue weighted by atomic mass is 10.1. The number of rotatable bonds is 9. The van der Waals surface area contributed by atoms with Crippen molar-refractivity contribution in [1.29, 1.82) is 5.41 Å². The third-order valence-corrected chi connectivity index (χ3v) is 6.29. The van der Waals surface area contributed by atoms with Gasteiger partial charge < -0.3 is 9.47 Å². The number of carbonyl (C=O) groups excluding carboxylic acids is 1. The number of sulfonamides is 1. The van der Waals surface area contributed by atoms with E-state index >= 15 is 0 Å². The summed E-state index contributed by atoms with van der Waals surface area (Å²) in [6, 6.07) is 13.0. The minimum atomic E-state index is -3.66. The van der Waals surface area contributed by atoms with E-state index in [1.54, 1.807) is 37.4 Å². The van der Waals surface area contributed by atoms with E-state index in [1.165, 1.54) is 31.0 Å². The van der Waals surface area contributed by atoms with Crippen molar-refractivity contribution >= 4 is 32.8 Å². The molecule has 0 fully saturated rings. The van der Waals surface area contributed by atoms with Crippen molar-refractivity contribution < 1.29 is 22.7 Å². The van der Waals surface area contributed by atoms with E-state index in [0.29, 0.717) is 22.8 Å². The Bertz CT molecular complexity index is 942. The van der Waals surface area contributed by atoms with Crippen molar-refractivity contribution in [1.82, 2.24) is 4.72 Å². The SMILES string of the molecule is COC(=O)COc1ccc(C[C@@H](C)NS(=O)(=O)c2ccc(C(=N)SC)cc2)cc1. The number of methoxy groups -OCH3 is 1. The molecule has 156 valence electrons. The van der Waals surface area contributed by atoms with Gasteiger partial charge in [0.1, 0.15) is 5.75 Å². The minimum absolute atomic E-state index is 0.161. The van der Waals surface area contributed by atoms with Crippen LogP contribution in [-0.4, -0.2) is 45.4 Å². The van der Waals surface area contributed by atoms with Crippen LogP contribution < -0.4 is 9.46 Å². The summed E-state index contributed by atoms with van der Waals surface area (Å²) < 4.78 is 37.6. The van der Waals surface area contributed by atoms with Crippen molar-refractivity contribution in [3.8, 4) is 5.75 Å². The molecule has 0 aliphatic carbocycles. The van der Waals surface area contributed by atoms with Crippen molar-refractivity contribution in [2.24, 2.45) is 0 Å². The lowest BCUT2D eigenvalue weighted by molar-refractivity contribution is -0.142. The Balaban J connectivity index is 1.96. The minimum Gasteiger partial charge on any atom is -0.482 e. The number of nitrogens with one attached hydrogen (secondary N) is 2. The first-order chi connectivity index (χ1) is 13.7. The average Bonchev–Trinajstić information content (AvgIpc) is 2.72. The Labute approximate surface area is 175 Å². The number of carbonyl (C=O) groups is 1. The van der Waals surface area contributed by atoms with Gasteiger partial charge in [-0.25, -0.2) is 17.9 Å². The molecule has 0 amide bonds. The molecule has 0 saturated carbocycles. The maximum Gasteiger partial charge on any atom is 0.343 e. The van der Waals surface area contributed by atoms with Gasteiger partial charge in [-0.15, -0.1) is 11.8 Å². The second kappa shape index (κ2) is 10.4. The van der Waals surface area contributed by atoms with Crippen LogP contribution in [-0.2, 0) is 26.0 Å². The Hall–Kier alpha value is -2.36. The highest BCUT2D eigenvalue weighted by atomic mass is 32.2. The summed E-state index contributed by atoms with van der Waals surface area (Å²) in [5.41, 5.74) is 1.60. The van der Waals surface area contributed by atoms with Gasteiger partial charge in [0.05, 0.1) is 17.0 Å². The number of hydrogen-bond acceptors (Lipinski definition) is 7. The number of benzene rings is 2. The van der Waals surface area contributed by atoms with Gasteiger partial charge in [-0.1, -0.05) is 24.3 Å². The smallest absolute Gasteiger partial charge is 0.343 e. The van der Waals surface area contributed by atoms with Gasteiger partial charge >= 0.3 is 5.97 Å². The molecule has 0 aromatic heterocycles. The van der Waals surface area contributed by atoms with E-state index in [-0.39, 0.29) is 17.5 Å². The first-order valence-electron chi connectivity index (χ1n) is 8.79. The highest BCUT2D eigenvalue weighted by molar-refractivity contribution is 8.13. The van der Waals surface area contributed by atoms with E-state index in [4.69, 9.17) is 10.1 Å². The molecule has 0 spiro atoms. The van der Waals surface area contributed by atoms with E-state index in [1.807, 2.05) is 12.1 Å². The first kappa shape index (κ1) is 22.9. The molecule has 7 nitrogen and oxygen atoms in total. The normalized spacial score (nSPS) is 12.2. The van der Waals surface area contributed by atoms with Gasteiger partial charge in [0.25, 0.3) is 0 Å². The third-order valence-electron chi connectivity index (χ3n) is 4.04. The monoisotopic (exact) mass is 436 g/mol. The van der Waals surface area contributed by atoms with Crippen LogP contribution >= 0.6 is 11.8 Å². The Morgan fingerprint density at radius 2 is 1.76 bits per heavy atom. The fraction of sp³-hybridized carbons (Fsp3) is 0.300. The molecule has 0 saturated heterocycles. The summed E-state index contributed by atoms with van der Waals surface area (Å²) in [7, 11) is -2.37. The Morgan fingerprint density at radius 3 is 2.31 bits per heavy atom. The van der Waals surface area contributed by atoms with Crippen LogP contribution in [0.15, 0.2) is 53.4 Å². The molecule has 29 heavy (non-hydrogen) atoms. The fourth-order valence-corrected chi connectivity index (χ4v) is 4.17. The van der Waals surface area contributed by atoms with Crippen LogP contribution in [0.4, 0.5) is 0 Å². The molecule has 0 aliphatic heterocycles. The molecule has 0 heterocycles. The molecular formula is C20H24N2O5S2. The average molecular weight is 437 g/mol. The molecule has 0 unspecified atom stereocenters. The number of ether oxygens (including phenoxy) is 2. The summed E-state index contributed by atoms with van der Waals surface area (Å²) in [5.74, 6) is 0.0683. The zero-order chi connectivity index (χ0) is 21.4. The zero-order valence-electron chi connectivity index (χ0n) is 16.5. The van der Waals surface area contributed by atoms with Crippen molar-refractivity contribution in [2.45, 2.75) is 24.3 Å². The predicted octanol–water partition coefficient (Wildman–Crippen LogP) is 2.84. The molecule has 0 bridgehead atoms. The quantitative estimate of drug-likeness (QED) is 0.356. The predicted molar refractivity (Wildman–Crippen MR) is 114 cm³/mol. The van der Waals surface area contributed by atoms with Crippen LogP contribution in [0.3, 0.4) is 0 Å². The Morgan fingerprint density at radius 1 is 1.14 bits per heavy atom. The molecule has 0 aliphatic rings. The summed E-state index contributed by atoms with van der Waals surface area (Å²) in [6.07, 6.45) is 2.29. The number of thioether (sulfide) groups is 1. The van der Waals surface area contributed by atoms with E-state index in [0.717, 1.165) is 5.56 Å². The zero-order valence-corrected chi connectivity index (χ0v) is 18.1. The molecule has 2 aromatic rings. The number of hydrogen-bond donors (Lipinski definition) is 2. The lowest BCUT2D eigenvalue weighted by Crippen LogP contribution is -2.34. The van der Waals surface area contributed by atoms with Crippen LogP contribution in [0.1, 0.15) is 18.1 Å². The van der Waals surface area contributed by atoms with E-state index in [9.17, 15) is 13.2 Å². The second-order valence-corrected chi connectivity index (χ2v) is 8.82. The first-order valence-corrected chi connectivity index (χ1v) is 11.5. The van der Waals surface area contributed by atoms with Gasteiger partial charge in [-0.05, 0) is 49.4 Å². The van der Waals surface area contributed by atoms with Gasteiger partial charge in [0.15, 0.2) is 6.61 Å². The van der Waals surface area contributed by atoms with Crippen molar-refractivity contribution in [3.05, 3.63) is 59.7 Å². The molecule has 2 rings (SSSR count). The van der Waals surface area contributed by atoms with Gasteiger partial charge in [-0.3, -0.25) is 5.41 Å². The number of esters is 1. The van der Waals surface area contributed by atoms with Crippen LogP contribution in [0, 0.1) is 5.41 Å². The van der Waals surface area contributed by atoms with Crippen LogP contribution in [0.5, 0.6) is 5.75 Å². The molecular weight excluding hydrogens is 412 g/mol. The maximum absolute atomic E-state index is 12.6. The molecule has 1 atom stereocenters. The van der Waals surface area contributed by atoms with Crippen LogP contribution in [0.2, 0.25) is 0 Å². The van der Waals surface area contributed by atoms with E-state index < -0.39 is 16.0 Å². The highest BCUT2D eigenvalue weighted by Crippen LogP contribution is 2.17. The Kier molecular flexibility index (Phi) is 8.24. The second-order valence-electron chi connectivity index (χ2n) is 6.29. The van der Waals surface area contributed by atoms with Gasteiger partial charge in [0.2, 0.25) is 10.0 Å². The molecule has 2 aromatic carbocycles. The molecule has 0 radical (unpaired) electrons. The van der Waals surface area contributed by atoms with Gasteiger partial charge in [-0.2, -0.15) is 0 Å². The van der Waals surface area contributed by atoms with Crippen molar-refractivity contribution in [3.63, 3.8) is 0 Å². The molecule has 2 N–H and O–H groups in total. The highest BCUT2D eigenvalue weighted by Gasteiger charge is 2.18. The molecule has 9 heteroatoms. The standard InChI is InChI=1S/C20H24N2O5S2/c1-14(12-15-4-8-17(9-5-15)27-13-19(23)26-2)22-29(24,25)18-10-6-16(7-11-18)20(21)28-3/h4-11,14,21-22H,12-13H2,1-3H3/t14-/m1/s1. The van der Waals surface area contributed by atoms with Crippen molar-refractivity contribution in [2.75, 3.05) is 20.0 Å². The summed E-state index contributed by atoms with van der Waals surface area (Å²) in [4.78, 5) is 11.3. The summed E-state index contributed by atoms with van der Waals surface area (Å²) in [6.45, 7) is 1.62. The third kappa shape index (κ3) is 6.88. The lowest BCUT2D eigenvalue weighted by Gasteiger charge is -2.15. The topological polar surface area (TPSA) is 106 Å². The van der Waals surface area contributed by atoms with Crippen LogP contribution in [0.25, 0.3) is 0 Å². The largest absolute Gasteiger partial charge is 0.482 e. The maximum atomic E-state index is 12.6. The van der Waals surface area contributed by atoms with Gasteiger partial charge in [0, 0.05) is 11.6 Å². The van der Waals surface area contributed by atoms with E-state index in [2.05, 4.69) is 9.46 Å².